The van der Waals surface area contributed by atoms with Crippen LogP contribution in [0.4, 0.5) is 0 Å². The summed E-state index contributed by atoms with van der Waals surface area (Å²) in [6, 6.07) is 12.5. The van der Waals surface area contributed by atoms with E-state index >= 15 is 0 Å². The molecule has 0 aromatic heterocycles. The number of hydrogen-bond donors (Lipinski definition) is 3. The summed E-state index contributed by atoms with van der Waals surface area (Å²) in [5, 5.41) is 11.6. The third kappa shape index (κ3) is 9.68. The van der Waals surface area contributed by atoms with E-state index in [1.165, 1.54) is 31.4 Å². The number of halogens is 1. The van der Waals surface area contributed by atoms with Crippen LogP contribution in [0.2, 0.25) is 0 Å². The van der Waals surface area contributed by atoms with Crippen molar-refractivity contribution in [1.29, 1.82) is 0 Å². The van der Waals surface area contributed by atoms with Gasteiger partial charge in [0.25, 0.3) is 5.91 Å². The second-order valence-electron chi connectivity index (χ2n) is 8.52. The molecule has 0 bridgehead atoms. The van der Waals surface area contributed by atoms with Crippen molar-refractivity contribution in [3.8, 4) is 11.5 Å². The number of nitrogens with two attached hydrogens (primary N) is 1. The van der Waals surface area contributed by atoms with Crippen molar-refractivity contribution in [2.45, 2.75) is 62.9 Å². The SMILES string of the molecule is CCOc1cc(CNCCc2ccc(S(N)(=O)=O)cc2)ccc1OCC(=O)NC1CCCCC1.[Cl-]. The minimum absolute atomic E-state index is 0. The largest absolute Gasteiger partial charge is 1.00 e. The van der Waals surface area contributed by atoms with E-state index in [1.807, 2.05) is 25.1 Å². The molecule has 0 spiro atoms. The van der Waals surface area contributed by atoms with Gasteiger partial charge in [0.05, 0.1) is 11.5 Å². The molecule has 0 saturated heterocycles. The first kappa shape index (κ1) is 28.9. The van der Waals surface area contributed by atoms with Gasteiger partial charge in [0.2, 0.25) is 10.0 Å². The molecule has 4 N–H and O–H groups in total. The zero-order valence-corrected chi connectivity index (χ0v) is 21.7. The Morgan fingerprint density at radius 1 is 1.00 bits per heavy atom. The molecule has 2 aromatic carbocycles. The van der Waals surface area contributed by atoms with E-state index in [0.717, 1.165) is 36.9 Å². The van der Waals surface area contributed by atoms with Crippen molar-refractivity contribution >= 4 is 15.9 Å². The Hall–Kier alpha value is -2.33. The Balaban J connectivity index is 0.00000432. The van der Waals surface area contributed by atoms with Gasteiger partial charge in [-0.3, -0.25) is 4.79 Å². The van der Waals surface area contributed by atoms with Gasteiger partial charge in [-0.15, -0.1) is 0 Å². The third-order valence-electron chi connectivity index (χ3n) is 5.81. The lowest BCUT2D eigenvalue weighted by Crippen LogP contribution is -3.00. The van der Waals surface area contributed by atoms with E-state index in [-0.39, 0.29) is 35.9 Å². The second-order valence-corrected chi connectivity index (χ2v) is 10.1. The summed E-state index contributed by atoms with van der Waals surface area (Å²) in [6.45, 7) is 3.73. The van der Waals surface area contributed by atoms with Crippen LogP contribution in [-0.2, 0) is 27.8 Å². The summed E-state index contributed by atoms with van der Waals surface area (Å²) < 4.78 is 34.2. The molecule has 10 heteroatoms. The van der Waals surface area contributed by atoms with Crippen molar-refractivity contribution in [3.05, 3.63) is 53.6 Å². The average Bonchev–Trinajstić information content (AvgIpc) is 2.82. The highest BCUT2D eigenvalue weighted by molar-refractivity contribution is 7.89. The molecule has 0 radical (unpaired) electrons. The Bertz CT molecular complexity index is 1040. The molecule has 1 aliphatic carbocycles. The first-order valence-electron chi connectivity index (χ1n) is 11.9. The quantitative estimate of drug-likeness (QED) is 0.333. The van der Waals surface area contributed by atoms with Crippen LogP contribution in [0.5, 0.6) is 11.5 Å². The smallest absolute Gasteiger partial charge is 0.258 e. The number of nitrogens with one attached hydrogen (secondary N) is 2. The molecule has 0 unspecified atom stereocenters. The molecule has 1 saturated carbocycles. The highest BCUT2D eigenvalue weighted by Crippen LogP contribution is 2.28. The molecule has 0 heterocycles. The zero-order valence-electron chi connectivity index (χ0n) is 20.1. The van der Waals surface area contributed by atoms with E-state index < -0.39 is 10.0 Å². The van der Waals surface area contributed by atoms with Crippen molar-refractivity contribution < 1.29 is 35.1 Å². The summed E-state index contributed by atoms with van der Waals surface area (Å²) in [6.07, 6.45) is 6.41. The molecule has 0 aliphatic heterocycles. The number of carbonyl (C=O) groups is 1. The topological polar surface area (TPSA) is 120 Å². The molecule has 35 heavy (non-hydrogen) atoms. The summed E-state index contributed by atoms with van der Waals surface area (Å²) in [4.78, 5) is 12.4. The Kier molecular flexibility index (Phi) is 11.8. The predicted octanol–water partition coefficient (Wildman–Crippen LogP) is -0.103. The van der Waals surface area contributed by atoms with Gasteiger partial charge in [0, 0.05) is 12.6 Å². The molecular formula is C25H35ClN3O5S-. The van der Waals surface area contributed by atoms with E-state index in [1.54, 1.807) is 12.1 Å². The standard InChI is InChI=1S/C25H35N3O5S.ClH/c1-2-32-24-16-20(17-27-15-14-19-8-11-22(12-9-19)34(26,30)31)10-13-23(24)33-18-25(29)28-21-6-4-3-5-7-21;/h8-13,16,21,27H,2-7,14-15,17-18H2,1H3,(H,28,29)(H2,26,30,31);1H/p-1. The summed E-state index contributed by atoms with van der Waals surface area (Å²) in [5.41, 5.74) is 2.05. The molecule has 1 amide bonds. The number of ether oxygens (including phenoxy) is 2. The number of carbonyl (C=O) groups excluding carboxylic acids is 1. The van der Waals surface area contributed by atoms with E-state index in [2.05, 4.69) is 10.6 Å². The van der Waals surface area contributed by atoms with Crippen LogP contribution in [0.25, 0.3) is 0 Å². The van der Waals surface area contributed by atoms with Crippen LogP contribution >= 0.6 is 0 Å². The molecule has 1 aliphatic rings. The minimum atomic E-state index is -3.67. The summed E-state index contributed by atoms with van der Waals surface area (Å²) in [5.74, 6) is 1.07. The second kappa shape index (κ2) is 14.3. The average molecular weight is 525 g/mol. The molecule has 0 atom stereocenters. The van der Waals surface area contributed by atoms with Crippen molar-refractivity contribution in [2.24, 2.45) is 5.14 Å². The van der Waals surface area contributed by atoms with Crippen LogP contribution in [0.1, 0.15) is 50.2 Å². The van der Waals surface area contributed by atoms with Gasteiger partial charge in [-0.2, -0.15) is 0 Å². The normalized spacial score (nSPS) is 14.1. The lowest BCUT2D eigenvalue weighted by Gasteiger charge is -2.22. The highest BCUT2D eigenvalue weighted by atomic mass is 35.5. The van der Waals surface area contributed by atoms with Crippen molar-refractivity contribution in [1.82, 2.24) is 10.6 Å². The molecule has 194 valence electrons. The van der Waals surface area contributed by atoms with Gasteiger partial charge >= 0.3 is 0 Å². The monoisotopic (exact) mass is 524 g/mol. The molecule has 2 aromatic rings. The lowest BCUT2D eigenvalue weighted by atomic mass is 9.95. The Morgan fingerprint density at radius 2 is 1.69 bits per heavy atom. The number of amides is 1. The third-order valence-corrected chi connectivity index (χ3v) is 6.74. The van der Waals surface area contributed by atoms with Crippen LogP contribution in [-0.4, -0.2) is 40.1 Å². The van der Waals surface area contributed by atoms with Crippen LogP contribution in [0, 0.1) is 0 Å². The Morgan fingerprint density at radius 3 is 2.34 bits per heavy atom. The molecular weight excluding hydrogens is 490 g/mol. The molecule has 1 fully saturated rings. The van der Waals surface area contributed by atoms with Gasteiger partial charge in [-0.25, -0.2) is 13.6 Å². The molecule has 3 rings (SSSR count). The fourth-order valence-electron chi connectivity index (χ4n) is 4.02. The highest BCUT2D eigenvalue weighted by Gasteiger charge is 2.16. The number of sulfonamides is 1. The molecule has 8 nitrogen and oxygen atoms in total. The number of primary sulfonamides is 1. The lowest BCUT2D eigenvalue weighted by molar-refractivity contribution is -0.124. The zero-order chi connectivity index (χ0) is 24.4. The van der Waals surface area contributed by atoms with E-state index in [0.29, 0.717) is 24.7 Å². The van der Waals surface area contributed by atoms with Gasteiger partial charge in [-0.05, 0) is 68.1 Å². The Labute approximate surface area is 214 Å². The van der Waals surface area contributed by atoms with Gasteiger partial charge in [-0.1, -0.05) is 37.5 Å². The maximum absolute atomic E-state index is 12.3. The van der Waals surface area contributed by atoms with Gasteiger partial charge in [0.15, 0.2) is 18.1 Å². The first-order chi connectivity index (χ1) is 16.3. The number of benzene rings is 2. The van der Waals surface area contributed by atoms with Crippen molar-refractivity contribution in [2.75, 3.05) is 19.8 Å². The van der Waals surface area contributed by atoms with E-state index in [4.69, 9.17) is 14.6 Å². The number of hydrogen-bond acceptors (Lipinski definition) is 6. The minimum Gasteiger partial charge on any atom is -1.00 e. The van der Waals surface area contributed by atoms with E-state index in [9.17, 15) is 13.2 Å². The first-order valence-corrected chi connectivity index (χ1v) is 13.4. The predicted molar refractivity (Wildman–Crippen MR) is 131 cm³/mol. The van der Waals surface area contributed by atoms with Crippen LogP contribution in [0.15, 0.2) is 47.4 Å². The summed E-state index contributed by atoms with van der Waals surface area (Å²) in [7, 11) is -3.67. The maximum Gasteiger partial charge on any atom is 0.258 e. The summed E-state index contributed by atoms with van der Waals surface area (Å²) >= 11 is 0. The van der Waals surface area contributed by atoms with Gasteiger partial charge < -0.3 is 32.5 Å². The fraction of sp³-hybridized carbons (Fsp3) is 0.480. The fourth-order valence-corrected chi connectivity index (χ4v) is 4.54. The number of rotatable bonds is 12. The van der Waals surface area contributed by atoms with Crippen molar-refractivity contribution in [3.63, 3.8) is 0 Å². The maximum atomic E-state index is 12.3. The van der Waals surface area contributed by atoms with Crippen LogP contribution < -0.4 is 37.7 Å². The van der Waals surface area contributed by atoms with Crippen LogP contribution in [0.3, 0.4) is 0 Å². The van der Waals surface area contributed by atoms with Gasteiger partial charge in [0.1, 0.15) is 0 Å².